The molecule has 0 saturated carbocycles. The van der Waals surface area contributed by atoms with Crippen LogP contribution in [0.2, 0.25) is 0 Å². The first-order chi connectivity index (χ1) is 13.1. The second-order valence-electron chi connectivity index (χ2n) is 5.48. The third kappa shape index (κ3) is 7.00. The van der Waals surface area contributed by atoms with E-state index in [0.717, 1.165) is 12.1 Å². The Hall–Kier alpha value is -2.34. The number of rotatable bonds is 11. The maximum atomic E-state index is 14.3. The molecule has 156 valence electrons. The van der Waals surface area contributed by atoms with E-state index in [0.29, 0.717) is 12.5 Å². The third-order valence-electron chi connectivity index (χ3n) is 3.28. The van der Waals surface area contributed by atoms with Gasteiger partial charge < -0.3 is 15.5 Å². The molecule has 5 N–H and O–H groups in total. The Bertz CT molecular complexity index is 857. The number of allylic oxidation sites excluding steroid dienone is 4. The molecule has 0 aromatic heterocycles. The number of anilines is 2. The smallest absolute Gasteiger partial charge is 0.299 e. The Kier molecular flexibility index (Phi) is 9.19. The van der Waals surface area contributed by atoms with Crippen molar-refractivity contribution in [3.8, 4) is 0 Å². The van der Waals surface area contributed by atoms with E-state index in [1.807, 2.05) is 9.44 Å². The van der Waals surface area contributed by atoms with Crippen molar-refractivity contribution < 1.29 is 31.8 Å². The molecule has 0 spiro atoms. The van der Waals surface area contributed by atoms with Gasteiger partial charge in [-0.25, -0.2) is 13.2 Å². The lowest BCUT2D eigenvalue weighted by atomic mass is 10.2. The summed E-state index contributed by atoms with van der Waals surface area (Å²) in [4.78, 5) is 0. The van der Waals surface area contributed by atoms with Crippen LogP contribution in [0, 0.1) is 11.6 Å². The zero-order valence-electron chi connectivity index (χ0n) is 15.0. The Morgan fingerprint density at radius 2 is 2.04 bits per heavy atom. The number of hydrogen-bond acceptors (Lipinski definition) is 5. The average Bonchev–Trinajstić information content (AvgIpc) is 2.67. The van der Waals surface area contributed by atoms with Crippen LogP contribution >= 0.6 is 0 Å². The van der Waals surface area contributed by atoms with Gasteiger partial charge in [-0.15, -0.1) is 0 Å². The molecule has 0 amide bonds. The second-order valence-corrected chi connectivity index (χ2v) is 6.98. The Morgan fingerprint density at radius 3 is 2.61 bits per heavy atom. The van der Waals surface area contributed by atoms with Crippen molar-refractivity contribution in [3.63, 3.8) is 0 Å². The van der Waals surface area contributed by atoms with Crippen LogP contribution in [0.3, 0.4) is 0 Å². The van der Waals surface area contributed by atoms with E-state index in [1.165, 1.54) is 6.08 Å². The van der Waals surface area contributed by atoms with Crippen LogP contribution in [0.25, 0.3) is 0 Å². The van der Waals surface area contributed by atoms with Crippen LogP contribution in [0.5, 0.6) is 0 Å². The van der Waals surface area contributed by atoms with Crippen LogP contribution in [0.15, 0.2) is 48.5 Å². The van der Waals surface area contributed by atoms with E-state index in [2.05, 4.69) is 11.9 Å². The van der Waals surface area contributed by atoms with Gasteiger partial charge in [0, 0.05) is 6.54 Å². The number of hydrogen-bond donors (Lipinski definition) is 5. The van der Waals surface area contributed by atoms with Crippen molar-refractivity contribution in [1.29, 1.82) is 0 Å². The van der Waals surface area contributed by atoms with Crippen molar-refractivity contribution in [2.24, 2.45) is 0 Å². The minimum Gasteiger partial charge on any atom is -0.394 e. The van der Waals surface area contributed by atoms with Gasteiger partial charge in [0.05, 0.1) is 24.1 Å². The first-order valence-electron chi connectivity index (χ1n) is 8.15. The summed E-state index contributed by atoms with van der Waals surface area (Å²) in [5.41, 5.74) is -1.32. The zero-order valence-corrected chi connectivity index (χ0v) is 15.9. The Balaban J connectivity index is 3.27. The topological polar surface area (TPSA) is 111 Å². The molecule has 1 unspecified atom stereocenters. The van der Waals surface area contributed by atoms with Crippen molar-refractivity contribution in [3.05, 3.63) is 60.1 Å². The fourth-order valence-electron chi connectivity index (χ4n) is 1.87. The Labute approximate surface area is 161 Å². The van der Waals surface area contributed by atoms with Gasteiger partial charge in [0.15, 0.2) is 11.6 Å². The molecule has 7 nitrogen and oxygen atoms in total. The number of aliphatic hydroxyl groups is 2. The molecule has 0 aliphatic rings. The Morgan fingerprint density at radius 1 is 1.36 bits per heavy atom. The molecule has 0 fully saturated rings. The first kappa shape index (κ1) is 23.7. The summed E-state index contributed by atoms with van der Waals surface area (Å²) in [6.45, 7) is 3.83. The fraction of sp³-hybridized carbons (Fsp3) is 0.294. The van der Waals surface area contributed by atoms with E-state index in [1.54, 1.807) is 13.0 Å². The lowest BCUT2D eigenvalue weighted by Crippen LogP contribution is -2.37. The fourth-order valence-corrected chi connectivity index (χ4v) is 2.81. The van der Waals surface area contributed by atoms with Crippen molar-refractivity contribution >= 4 is 21.6 Å². The number of benzene rings is 1. The van der Waals surface area contributed by atoms with Crippen LogP contribution in [0.1, 0.15) is 13.3 Å². The normalized spacial score (nSPS) is 13.9. The van der Waals surface area contributed by atoms with Crippen LogP contribution in [-0.2, 0) is 10.2 Å². The zero-order chi connectivity index (χ0) is 21.3. The quantitative estimate of drug-likeness (QED) is 0.352. The summed E-state index contributed by atoms with van der Waals surface area (Å²) in [6, 6.07) is 1.63. The molecule has 1 rings (SSSR count). The molecule has 0 radical (unpaired) electrons. The maximum Gasteiger partial charge on any atom is 0.299 e. The summed E-state index contributed by atoms with van der Waals surface area (Å²) < 4.78 is 69.9. The van der Waals surface area contributed by atoms with Crippen molar-refractivity contribution in [2.75, 3.05) is 23.2 Å². The minimum absolute atomic E-state index is 0.259. The van der Waals surface area contributed by atoms with Gasteiger partial charge in [-0.3, -0.25) is 4.72 Å². The molecule has 0 bridgehead atoms. The van der Waals surface area contributed by atoms with E-state index < -0.39 is 58.3 Å². The van der Waals surface area contributed by atoms with Gasteiger partial charge in [0.2, 0.25) is 0 Å². The molecule has 0 aliphatic carbocycles. The number of halogens is 3. The monoisotopic (exact) mass is 421 g/mol. The van der Waals surface area contributed by atoms with E-state index in [-0.39, 0.29) is 5.70 Å². The molecule has 11 heteroatoms. The largest absolute Gasteiger partial charge is 0.394 e. The van der Waals surface area contributed by atoms with Crippen molar-refractivity contribution in [1.82, 2.24) is 4.72 Å². The van der Waals surface area contributed by atoms with Crippen LogP contribution in [-0.4, -0.2) is 37.9 Å². The molecule has 0 aliphatic heterocycles. The number of nitrogens with one attached hydrogen (secondary N) is 3. The number of aliphatic hydroxyl groups excluding tert-OH is 2. The summed E-state index contributed by atoms with van der Waals surface area (Å²) in [7, 11) is -4.32. The predicted molar refractivity (Wildman–Crippen MR) is 101 cm³/mol. The molecule has 0 saturated heterocycles. The average molecular weight is 421 g/mol. The molecule has 28 heavy (non-hydrogen) atoms. The second kappa shape index (κ2) is 10.9. The van der Waals surface area contributed by atoms with E-state index in [9.17, 15) is 26.7 Å². The van der Waals surface area contributed by atoms with Crippen LogP contribution < -0.4 is 14.8 Å². The van der Waals surface area contributed by atoms with E-state index in [4.69, 9.17) is 5.11 Å². The van der Waals surface area contributed by atoms with Gasteiger partial charge in [0.1, 0.15) is 11.5 Å². The summed E-state index contributed by atoms with van der Waals surface area (Å²) >= 11 is 0. The molecular formula is C17H22F3N3O4S. The standard InChI is InChI=1S/C17H22F3N3O4S/c1-3-5-6-14(12(18)4-2)22-17-15(8-7-13(19)16(17)20)23-28(26,27)21-9-11(25)10-24/h4-8,11,21-25H,2-3,9-10H2,1H3/b6-5-,14-12-. The first-order valence-corrected chi connectivity index (χ1v) is 9.63. The lowest BCUT2D eigenvalue weighted by Gasteiger charge is -2.17. The molecule has 1 atom stereocenters. The van der Waals surface area contributed by atoms with Crippen molar-refractivity contribution in [2.45, 2.75) is 19.4 Å². The highest BCUT2D eigenvalue weighted by Crippen LogP contribution is 2.30. The summed E-state index contributed by atoms with van der Waals surface area (Å²) in [5, 5.41) is 20.3. The highest BCUT2D eigenvalue weighted by Gasteiger charge is 2.20. The minimum atomic E-state index is -4.32. The van der Waals surface area contributed by atoms with Crippen LogP contribution in [0.4, 0.5) is 24.5 Å². The molecular weight excluding hydrogens is 399 g/mol. The predicted octanol–water partition coefficient (Wildman–Crippen LogP) is 2.31. The third-order valence-corrected chi connectivity index (χ3v) is 4.31. The molecule has 0 heterocycles. The van der Waals surface area contributed by atoms with Gasteiger partial charge in [-0.2, -0.15) is 13.1 Å². The molecule has 1 aromatic rings. The molecule has 1 aromatic carbocycles. The highest BCUT2D eigenvalue weighted by molar-refractivity contribution is 7.90. The lowest BCUT2D eigenvalue weighted by molar-refractivity contribution is 0.0988. The van der Waals surface area contributed by atoms with Gasteiger partial charge >= 0.3 is 0 Å². The van der Waals surface area contributed by atoms with Gasteiger partial charge in [-0.1, -0.05) is 19.6 Å². The maximum absolute atomic E-state index is 14.3. The van der Waals surface area contributed by atoms with Gasteiger partial charge in [-0.05, 0) is 30.7 Å². The van der Waals surface area contributed by atoms with E-state index >= 15 is 0 Å². The SMILES string of the molecule is C=C/C(F)=C(\C=C/CC)Nc1c(NS(=O)(=O)NCC(O)CO)ccc(F)c1F. The van der Waals surface area contributed by atoms with Gasteiger partial charge in [0.25, 0.3) is 10.2 Å². The summed E-state index contributed by atoms with van der Waals surface area (Å²) in [6.07, 6.45) is 2.84. The highest BCUT2D eigenvalue weighted by atomic mass is 32.2. The summed E-state index contributed by atoms with van der Waals surface area (Å²) in [5.74, 6) is -3.59.